The van der Waals surface area contributed by atoms with Crippen molar-refractivity contribution < 1.29 is 13.5 Å². The van der Waals surface area contributed by atoms with Crippen LogP contribution >= 0.6 is 0 Å². The van der Waals surface area contributed by atoms with Crippen LogP contribution in [0.25, 0.3) is 22.4 Å². The van der Waals surface area contributed by atoms with Crippen molar-refractivity contribution in [3.05, 3.63) is 42.0 Å². The van der Waals surface area contributed by atoms with Crippen LogP contribution in [0.1, 0.15) is 13.8 Å². The van der Waals surface area contributed by atoms with Crippen LogP contribution < -0.4 is 10.5 Å². The molecule has 0 aliphatic rings. The number of rotatable bonds is 3. The molecule has 0 radical (unpaired) electrons. The minimum atomic E-state index is -0.925. The van der Waals surface area contributed by atoms with Gasteiger partial charge in [0.1, 0.15) is 11.6 Å². The highest BCUT2D eigenvalue weighted by Crippen LogP contribution is 2.29. The van der Waals surface area contributed by atoms with Crippen LogP contribution in [0.4, 0.5) is 14.5 Å². The number of anilines is 1. The van der Waals surface area contributed by atoms with Crippen molar-refractivity contribution in [2.75, 3.05) is 5.73 Å². The van der Waals surface area contributed by atoms with Crippen LogP contribution in [0.2, 0.25) is 0 Å². The fraction of sp³-hybridized carbons (Fsp3) is 0.188. The van der Waals surface area contributed by atoms with E-state index in [1.165, 1.54) is 0 Å². The van der Waals surface area contributed by atoms with Crippen LogP contribution in [0.5, 0.6) is 5.75 Å². The minimum Gasteiger partial charge on any atom is -0.489 e. The molecule has 0 bridgehead atoms. The number of hydrogen-bond donors (Lipinski definition) is 2. The maximum atomic E-state index is 13.2. The Labute approximate surface area is 125 Å². The Bertz CT molecular complexity index is 804. The Morgan fingerprint density at radius 2 is 1.86 bits per heavy atom. The lowest BCUT2D eigenvalue weighted by molar-refractivity contribution is 0.244. The highest BCUT2D eigenvalue weighted by atomic mass is 19.2. The van der Waals surface area contributed by atoms with Gasteiger partial charge in [0.2, 0.25) is 0 Å². The summed E-state index contributed by atoms with van der Waals surface area (Å²) in [5, 5.41) is 0. The van der Waals surface area contributed by atoms with Gasteiger partial charge in [-0.05, 0) is 32.0 Å². The molecule has 3 N–H and O–H groups in total. The number of nitrogen functional groups attached to an aromatic ring is 1. The number of benzene rings is 2. The normalized spacial score (nSPS) is 11.3. The minimum absolute atomic E-state index is 0.0188. The van der Waals surface area contributed by atoms with Crippen molar-refractivity contribution in [3.63, 3.8) is 0 Å². The first-order chi connectivity index (χ1) is 10.4. The molecule has 0 aliphatic heterocycles. The summed E-state index contributed by atoms with van der Waals surface area (Å²) < 4.78 is 32.0. The highest BCUT2D eigenvalue weighted by Gasteiger charge is 2.11. The highest BCUT2D eigenvalue weighted by molar-refractivity contribution is 5.80. The van der Waals surface area contributed by atoms with Crippen LogP contribution in [0.3, 0.4) is 0 Å². The third kappa shape index (κ3) is 2.59. The molecule has 1 aromatic heterocycles. The number of aromatic amines is 1. The lowest BCUT2D eigenvalue weighted by Crippen LogP contribution is -2.07. The lowest BCUT2D eigenvalue weighted by atomic mass is 10.2. The molecule has 0 aliphatic carbocycles. The van der Waals surface area contributed by atoms with E-state index in [0.717, 1.165) is 12.1 Å². The van der Waals surface area contributed by atoms with Crippen LogP contribution in [0.15, 0.2) is 30.3 Å². The predicted molar refractivity (Wildman–Crippen MR) is 81.6 cm³/mol. The summed E-state index contributed by atoms with van der Waals surface area (Å²) in [5.41, 5.74) is 7.93. The molecular weight excluding hydrogens is 288 g/mol. The van der Waals surface area contributed by atoms with Crippen LogP contribution in [0, 0.1) is 11.6 Å². The van der Waals surface area contributed by atoms with E-state index >= 15 is 0 Å². The SMILES string of the molecule is CC(C)Oc1ccc(-c2nc3cc(F)c(F)cc3[nH]2)cc1N. The second-order valence-electron chi connectivity index (χ2n) is 5.29. The molecule has 0 saturated heterocycles. The van der Waals surface area contributed by atoms with E-state index in [-0.39, 0.29) is 6.10 Å². The van der Waals surface area contributed by atoms with Gasteiger partial charge in [-0.15, -0.1) is 0 Å². The second-order valence-corrected chi connectivity index (χ2v) is 5.29. The zero-order valence-corrected chi connectivity index (χ0v) is 12.2. The number of hydrogen-bond acceptors (Lipinski definition) is 3. The van der Waals surface area contributed by atoms with Crippen molar-refractivity contribution in [2.24, 2.45) is 0 Å². The molecule has 3 aromatic rings. The van der Waals surface area contributed by atoms with Crippen LogP contribution in [-0.4, -0.2) is 16.1 Å². The summed E-state index contributed by atoms with van der Waals surface area (Å²) in [6.07, 6.45) is 0.0188. The lowest BCUT2D eigenvalue weighted by Gasteiger charge is -2.12. The number of nitrogens with zero attached hydrogens (tertiary/aromatic N) is 1. The third-order valence-corrected chi connectivity index (χ3v) is 3.17. The van der Waals surface area contributed by atoms with Crippen molar-refractivity contribution in [1.82, 2.24) is 9.97 Å². The molecule has 0 atom stereocenters. The molecule has 0 saturated carbocycles. The Kier molecular flexibility index (Phi) is 3.44. The topological polar surface area (TPSA) is 63.9 Å². The van der Waals surface area contributed by atoms with E-state index < -0.39 is 11.6 Å². The van der Waals surface area contributed by atoms with Gasteiger partial charge in [0, 0.05) is 17.7 Å². The quantitative estimate of drug-likeness (QED) is 0.722. The number of aromatic nitrogens is 2. The van der Waals surface area contributed by atoms with Gasteiger partial charge in [0.15, 0.2) is 11.6 Å². The first-order valence-corrected chi connectivity index (χ1v) is 6.85. The van der Waals surface area contributed by atoms with Crippen molar-refractivity contribution >= 4 is 16.7 Å². The van der Waals surface area contributed by atoms with E-state index in [4.69, 9.17) is 10.5 Å². The van der Waals surface area contributed by atoms with E-state index in [9.17, 15) is 8.78 Å². The fourth-order valence-electron chi connectivity index (χ4n) is 2.20. The molecule has 2 aromatic carbocycles. The van der Waals surface area contributed by atoms with Gasteiger partial charge in [0.25, 0.3) is 0 Å². The van der Waals surface area contributed by atoms with Gasteiger partial charge in [-0.3, -0.25) is 0 Å². The molecule has 0 fully saturated rings. The Balaban J connectivity index is 2.02. The Hall–Kier alpha value is -2.63. The number of H-pyrrole nitrogens is 1. The molecule has 0 unspecified atom stereocenters. The number of fused-ring (bicyclic) bond motifs is 1. The average Bonchev–Trinajstić information content (AvgIpc) is 2.84. The van der Waals surface area contributed by atoms with E-state index in [1.54, 1.807) is 18.2 Å². The zero-order chi connectivity index (χ0) is 15.9. The van der Waals surface area contributed by atoms with Gasteiger partial charge in [-0.25, -0.2) is 13.8 Å². The molecule has 114 valence electrons. The number of nitrogens with one attached hydrogen (secondary N) is 1. The average molecular weight is 303 g/mol. The molecule has 22 heavy (non-hydrogen) atoms. The molecule has 4 nitrogen and oxygen atoms in total. The second kappa shape index (κ2) is 5.29. The van der Waals surface area contributed by atoms with E-state index in [0.29, 0.717) is 33.9 Å². The van der Waals surface area contributed by atoms with Gasteiger partial charge in [0.05, 0.1) is 22.8 Å². The van der Waals surface area contributed by atoms with Gasteiger partial charge >= 0.3 is 0 Å². The Morgan fingerprint density at radius 3 is 2.55 bits per heavy atom. The Morgan fingerprint density at radius 1 is 1.14 bits per heavy atom. The summed E-state index contributed by atoms with van der Waals surface area (Å²) >= 11 is 0. The summed E-state index contributed by atoms with van der Waals surface area (Å²) in [4.78, 5) is 7.21. The summed E-state index contributed by atoms with van der Waals surface area (Å²) in [6.45, 7) is 3.82. The van der Waals surface area contributed by atoms with Crippen molar-refractivity contribution in [2.45, 2.75) is 20.0 Å². The molecule has 6 heteroatoms. The standard InChI is InChI=1S/C16H15F2N3O/c1-8(2)22-15-4-3-9(5-12(15)19)16-20-13-6-10(17)11(18)7-14(13)21-16/h3-8H,19H2,1-2H3,(H,20,21). The molecular formula is C16H15F2N3O. The van der Waals surface area contributed by atoms with E-state index in [1.807, 2.05) is 13.8 Å². The van der Waals surface area contributed by atoms with Gasteiger partial charge in [-0.2, -0.15) is 0 Å². The molecule has 0 amide bonds. The first kappa shape index (κ1) is 14.3. The fourth-order valence-corrected chi connectivity index (χ4v) is 2.20. The summed E-state index contributed by atoms with van der Waals surface area (Å²) in [6, 6.07) is 7.39. The zero-order valence-electron chi connectivity index (χ0n) is 12.2. The molecule has 3 rings (SSSR count). The molecule has 1 heterocycles. The number of ether oxygens (including phenoxy) is 1. The van der Waals surface area contributed by atoms with Crippen LogP contribution in [-0.2, 0) is 0 Å². The number of nitrogens with two attached hydrogens (primary N) is 1. The maximum Gasteiger partial charge on any atom is 0.161 e. The molecule has 0 spiro atoms. The number of halogens is 2. The smallest absolute Gasteiger partial charge is 0.161 e. The monoisotopic (exact) mass is 303 g/mol. The maximum absolute atomic E-state index is 13.2. The van der Waals surface area contributed by atoms with E-state index in [2.05, 4.69) is 9.97 Å². The van der Waals surface area contributed by atoms with Crippen molar-refractivity contribution in [3.8, 4) is 17.1 Å². The first-order valence-electron chi connectivity index (χ1n) is 6.85. The van der Waals surface area contributed by atoms with Gasteiger partial charge in [-0.1, -0.05) is 0 Å². The largest absolute Gasteiger partial charge is 0.489 e. The van der Waals surface area contributed by atoms with Gasteiger partial charge < -0.3 is 15.5 Å². The third-order valence-electron chi connectivity index (χ3n) is 3.17. The number of imidazole rings is 1. The summed E-state index contributed by atoms with van der Waals surface area (Å²) in [7, 11) is 0. The van der Waals surface area contributed by atoms with Crippen molar-refractivity contribution in [1.29, 1.82) is 0 Å². The predicted octanol–water partition coefficient (Wildman–Crippen LogP) is 3.88. The summed E-state index contributed by atoms with van der Waals surface area (Å²) in [5.74, 6) is -0.761.